The Balaban J connectivity index is 1.15. The molecule has 2 saturated heterocycles. The maximum absolute atomic E-state index is 13.5. The number of carbonyl (C=O) groups excluding carboxylic acids is 2. The first-order chi connectivity index (χ1) is 28.5. The van der Waals surface area contributed by atoms with E-state index in [2.05, 4.69) is 96.4 Å². The number of aliphatic imine (C=N–C) groups is 2. The molecule has 0 saturated carbocycles. The van der Waals surface area contributed by atoms with Crippen LogP contribution in [0.3, 0.4) is 0 Å². The molecular formula is C45H51N9O4. The molecule has 2 amide bonds. The van der Waals surface area contributed by atoms with Crippen molar-refractivity contribution in [3.05, 3.63) is 109 Å². The molecular weight excluding hydrogens is 731 g/mol. The Bertz CT molecular complexity index is 2170. The Morgan fingerprint density at radius 2 is 1.12 bits per heavy atom. The molecule has 0 spiro atoms. The van der Waals surface area contributed by atoms with Gasteiger partial charge in [0.15, 0.2) is 0 Å². The minimum Gasteiger partial charge on any atom is -0.342 e. The fraction of sp³-hybridized carbons (Fsp3) is 0.378. The molecule has 0 radical (unpaired) electrons. The average Bonchev–Trinajstić information content (AvgIpc) is 3.57. The van der Waals surface area contributed by atoms with Crippen LogP contribution in [0.15, 0.2) is 112 Å². The quantitative estimate of drug-likeness (QED) is 0.0622. The van der Waals surface area contributed by atoms with Crippen LogP contribution < -0.4 is 0 Å². The minimum atomic E-state index is -0.525. The van der Waals surface area contributed by atoms with Gasteiger partial charge in [0.25, 0.3) is 0 Å². The number of allylic oxidation sites excluding steroid dienone is 2. The number of nitrogens with zero attached hydrogens (tertiary/aromatic N) is 9. The van der Waals surface area contributed by atoms with Crippen LogP contribution in [0.5, 0.6) is 0 Å². The largest absolute Gasteiger partial charge is 0.442 e. The van der Waals surface area contributed by atoms with Gasteiger partial charge in [0, 0.05) is 91.8 Å². The fourth-order valence-corrected chi connectivity index (χ4v) is 8.25. The van der Waals surface area contributed by atoms with E-state index in [0.717, 1.165) is 84.8 Å². The van der Waals surface area contributed by atoms with E-state index in [-0.39, 0.29) is 0 Å². The first-order valence-electron chi connectivity index (χ1n) is 20.5. The molecule has 300 valence electrons. The summed E-state index contributed by atoms with van der Waals surface area (Å²) in [6.45, 7) is 14.6. The zero-order chi connectivity index (χ0) is 39.8. The molecule has 0 N–H and O–H groups in total. The number of aromatic nitrogens is 1. The second-order valence-electron chi connectivity index (χ2n) is 15.0. The number of guanidine groups is 2. The van der Waals surface area contributed by atoms with Gasteiger partial charge in [0.05, 0.1) is 11.4 Å². The summed E-state index contributed by atoms with van der Waals surface area (Å²) in [5.41, 5.74) is 6.24. The van der Waals surface area contributed by atoms with Crippen LogP contribution in [0, 0.1) is 0 Å². The van der Waals surface area contributed by atoms with Gasteiger partial charge in [0.2, 0.25) is 11.9 Å². The smallest absolute Gasteiger partial charge is 0.342 e. The van der Waals surface area contributed by atoms with Crippen LogP contribution in [0.1, 0.15) is 68.1 Å². The van der Waals surface area contributed by atoms with Crippen molar-refractivity contribution in [2.75, 3.05) is 52.4 Å². The van der Waals surface area contributed by atoms with E-state index in [9.17, 15) is 9.59 Å². The standard InChI is InChI=1S/C45H51N9O4/c1-3-5-16-38(48-57-44(55)52-28-12-26-50-24-10-22-46-42(50)52)34-18-20-40-36(30-34)37-31-35(19-21-41(37)54(40)32-33-14-8-7-9-15-33)39(17-6-4-2)49-58-45(56)53-29-13-27-51-25-11-23-47-43(51)53/h3-4,7-9,14-15,18-21,30-31H,1-2,5-6,10-13,16-17,22-29,32H2/b48-38+,49-39+. The Morgan fingerprint density at radius 3 is 1.60 bits per heavy atom. The number of oxime groups is 2. The lowest BCUT2D eigenvalue weighted by Crippen LogP contribution is -2.54. The zero-order valence-electron chi connectivity index (χ0n) is 33.1. The third-order valence-electron chi connectivity index (χ3n) is 11.1. The Morgan fingerprint density at radius 1 is 0.638 bits per heavy atom. The van der Waals surface area contributed by atoms with Gasteiger partial charge in [-0.1, -0.05) is 64.9 Å². The molecule has 4 aliphatic rings. The lowest BCUT2D eigenvalue weighted by molar-refractivity contribution is 0.113. The van der Waals surface area contributed by atoms with Crippen molar-refractivity contribution in [2.45, 2.75) is 57.9 Å². The lowest BCUT2D eigenvalue weighted by Gasteiger charge is -2.38. The Kier molecular flexibility index (Phi) is 11.9. The van der Waals surface area contributed by atoms with Gasteiger partial charge in [0.1, 0.15) is 0 Å². The minimum absolute atomic E-state index is 0.525. The maximum atomic E-state index is 13.5. The lowest BCUT2D eigenvalue weighted by atomic mass is 10.0. The topological polar surface area (TPSA) is 120 Å². The highest BCUT2D eigenvalue weighted by Gasteiger charge is 2.32. The average molecular weight is 782 g/mol. The highest BCUT2D eigenvalue weighted by Crippen LogP contribution is 2.33. The molecule has 1 aromatic heterocycles. The zero-order valence-corrected chi connectivity index (χ0v) is 33.1. The number of amides is 2. The van der Waals surface area contributed by atoms with Crippen molar-refractivity contribution in [3.63, 3.8) is 0 Å². The van der Waals surface area contributed by atoms with Crippen LogP contribution in [0.2, 0.25) is 0 Å². The van der Waals surface area contributed by atoms with Gasteiger partial charge in [-0.3, -0.25) is 19.7 Å². The van der Waals surface area contributed by atoms with Crippen LogP contribution in [0.25, 0.3) is 21.8 Å². The summed E-state index contributed by atoms with van der Waals surface area (Å²) in [5, 5.41) is 11.0. The number of rotatable bonds is 12. The predicted octanol–water partition coefficient (Wildman–Crippen LogP) is 7.99. The molecule has 13 nitrogen and oxygen atoms in total. The van der Waals surface area contributed by atoms with Crippen molar-refractivity contribution < 1.29 is 19.3 Å². The summed E-state index contributed by atoms with van der Waals surface area (Å²) >= 11 is 0. The number of fused-ring (bicyclic) bond motifs is 5. The molecule has 0 unspecified atom stereocenters. The Hall–Kier alpha value is -6.24. The second-order valence-corrected chi connectivity index (χ2v) is 15.0. The van der Waals surface area contributed by atoms with E-state index in [1.54, 1.807) is 9.80 Å². The monoisotopic (exact) mass is 781 g/mol. The van der Waals surface area contributed by atoms with Crippen molar-refractivity contribution in [2.24, 2.45) is 20.3 Å². The van der Waals surface area contributed by atoms with Gasteiger partial charge in [-0.25, -0.2) is 19.4 Å². The van der Waals surface area contributed by atoms with Crippen molar-refractivity contribution in [1.29, 1.82) is 0 Å². The van der Waals surface area contributed by atoms with Gasteiger partial charge in [-0.15, -0.1) is 13.2 Å². The third-order valence-corrected chi connectivity index (χ3v) is 11.1. The van der Waals surface area contributed by atoms with E-state index in [1.165, 1.54) is 5.56 Å². The predicted molar refractivity (Wildman–Crippen MR) is 230 cm³/mol. The maximum Gasteiger partial charge on any atom is 0.442 e. The van der Waals surface area contributed by atoms with Gasteiger partial charge >= 0.3 is 12.2 Å². The number of carbonyl (C=O) groups is 2. The highest BCUT2D eigenvalue weighted by molar-refractivity contribution is 6.14. The van der Waals surface area contributed by atoms with Crippen molar-refractivity contribution >= 4 is 57.3 Å². The summed E-state index contributed by atoms with van der Waals surface area (Å²) < 4.78 is 2.31. The van der Waals surface area contributed by atoms with Gasteiger partial charge < -0.3 is 14.4 Å². The summed E-state index contributed by atoms with van der Waals surface area (Å²) in [4.78, 5) is 55.1. The molecule has 5 heterocycles. The third kappa shape index (κ3) is 8.25. The second kappa shape index (κ2) is 17.9. The molecule has 8 rings (SSSR count). The Labute approximate surface area is 339 Å². The van der Waals surface area contributed by atoms with Crippen LogP contribution in [-0.2, 0) is 16.2 Å². The molecule has 13 heteroatoms. The molecule has 0 bridgehead atoms. The summed E-state index contributed by atoms with van der Waals surface area (Å²) in [7, 11) is 0. The van der Waals surface area contributed by atoms with Crippen LogP contribution in [0.4, 0.5) is 9.59 Å². The molecule has 3 aromatic carbocycles. The SMILES string of the molecule is C=CCC/C(=N\OC(=O)N1CCCN2CCCN=C21)c1ccc2c(c1)c1cc(/C(CCC=C)=N/OC(=O)N3CCCN4CCCN=C43)ccc1n2Cc1ccccc1. The highest BCUT2D eigenvalue weighted by atomic mass is 16.7. The fourth-order valence-electron chi connectivity index (χ4n) is 8.25. The summed E-state index contributed by atoms with van der Waals surface area (Å²) in [6, 6.07) is 23.0. The molecule has 0 aliphatic carbocycles. The summed E-state index contributed by atoms with van der Waals surface area (Å²) in [5.74, 6) is 1.35. The van der Waals surface area contributed by atoms with E-state index in [4.69, 9.17) is 9.68 Å². The van der Waals surface area contributed by atoms with Gasteiger partial charge in [-0.2, -0.15) is 0 Å². The normalized spacial score (nSPS) is 17.4. The first-order valence-corrected chi connectivity index (χ1v) is 20.5. The molecule has 4 aromatic rings. The molecule has 2 fully saturated rings. The number of hydrogen-bond donors (Lipinski definition) is 0. The molecule has 4 aliphatic heterocycles. The van der Waals surface area contributed by atoms with E-state index in [0.29, 0.717) is 81.7 Å². The van der Waals surface area contributed by atoms with Crippen LogP contribution in [-0.4, -0.2) is 112 Å². The van der Waals surface area contributed by atoms with Gasteiger partial charge in [-0.05, 0) is 81.2 Å². The van der Waals surface area contributed by atoms with Crippen molar-refractivity contribution in [3.8, 4) is 0 Å². The van der Waals surface area contributed by atoms with E-state index >= 15 is 0 Å². The van der Waals surface area contributed by atoms with Crippen LogP contribution >= 0.6 is 0 Å². The van der Waals surface area contributed by atoms with E-state index in [1.807, 2.05) is 30.4 Å². The number of hydrogen-bond acceptors (Lipinski definition) is 10. The first kappa shape index (κ1) is 38.6. The van der Waals surface area contributed by atoms with E-state index < -0.39 is 12.2 Å². The number of benzene rings is 3. The summed E-state index contributed by atoms with van der Waals surface area (Å²) in [6.07, 6.45) is 8.67. The molecule has 0 atom stereocenters. The van der Waals surface area contributed by atoms with Crippen molar-refractivity contribution in [1.82, 2.24) is 24.2 Å². The molecule has 58 heavy (non-hydrogen) atoms.